The molecule has 2 aromatic carbocycles. The summed E-state index contributed by atoms with van der Waals surface area (Å²) in [7, 11) is 0. The Morgan fingerprint density at radius 2 is 1.62 bits per heavy atom. The van der Waals surface area contributed by atoms with Crippen molar-refractivity contribution in [2.75, 3.05) is 6.61 Å². The van der Waals surface area contributed by atoms with Crippen molar-refractivity contribution in [3.8, 4) is 5.75 Å². The van der Waals surface area contributed by atoms with Crippen LogP contribution in [0.4, 0.5) is 0 Å². The van der Waals surface area contributed by atoms with Gasteiger partial charge in [0, 0.05) is 12.8 Å². The van der Waals surface area contributed by atoms with Crippen LogP contribution in [0.3, 0.4) is 0 Å². The van der Waals surface area contributed by atoms with Crippen LogP contribution in [0.2, 0.25) is 0 Å². The van der Waals surface area contributed by atoms with Crippen LogP contribution in [-0.2, 0) is 14.3 Å². The molecule has 0 aliphatic heterocycles. The van der Waals surface area contributed by atoms with E-state index in [2.05, 4.69) is 0 Å². The van der Waals surface area contributed by atoms with Gasteiger partial charge in [-0.2, -0.15) is 0 Å². The molecule has 0 heterocycles. The quantitative estimate of drug-likeness (QED) is 0.516. The third kappa shape index (κ3) is 5.58. The fourth-order valence-electron chi connectivity index (χ4n) is 3.43. The van der Waals surface area contributed by atoms with Crippen molar-refractivity contribution in [2.45, 2.75) is 51.4 Å². The molecule has 1 aliphatic carbocycles. The fourth-order valence-corrected chi connectivity index (χ4v) is 3.43. The highest BCUT2D eigenvalue weighted by Crippen LogP contribution is 2.24. The van der Waals surface area contributed by atoms with Crippen LogP contribution in [0, 0.1) is 5.92 Å². The summed E-state index contributed by atoms with van der Waals surface area (Å²) < 4.78 is 10.7. The van der Waals surface area contributed by atoms with E-state index in [1.54, 1.807) is 6.07 Å². The standard InChI is InChI=1S/C22H26O4/c23-21(25-16-17-7-2-1-3-8-17)11-6-12-22(24)26-20-14-13-18-9-4-5-10-19(18)15-20/h4-5,9-10,13-15,17H,1-3,6-8,11-12,16H2. The molecule has 0 N–H and O–H groups in total. The molecule has 3 rings (SSSR count). The van der Waals surface area contributed by atoms with Crippen molar-refractivity contribution >= 4 is 22.7 Å². The van der Waals surface area contributed by atoms with E-state index in [-0.39, 0.29) is 24.8 Å². The Morgan fingerprint density at radius 3 is 2.42 bits per heavy atom. The van der Waals surface area contributed by atoms with E-state index in [0.29, 0.717) is 24.7 Å². The maximum absolute atomic E-state index is 12.0. The highest BCUT2D eigenvalue weighted by Gasteiger charge is 2.15. The van der Waals surface area contributed by atoms with Gasteiger partial charge in [-0.3, -0.25) is 9.59 Å². The Hall–Kier alpha value is -2.36. The molecule has 26 heavy (non-hydrogen) atoms. The van der Waals surface area contributed by atoms with Gasteiger partial charge < -0.3 is 9.47 Å². The molecule has 4 heteroatoms. The van der Waals surface area contributed by atoms with Gasteiger partial charge in [-0.25, -0.2) is 0 Å². The molecule has 2 aromatic rings. The Kier molecular flexibility index (Phi) is 6.64. The maximum atomic E-state index is 12.0. The lowest BCUT2D eigenvalue weighted by Crippen LogP contribution is -2.17. The van der Waals surface area contributed by atoms with Crippen LogP contribution in [0.1, 0.15) is 51.4 Å². The summed E-state index contributed by atoms with van der Waals surface area (Å²) in [4.78, 5) is 23.8. The summed E-state index contributed by atoms with van der Waals surface area (Å²) in [6.45, 7) is 0.528. The number of benzene rings is 2. The van der Waals surface area contributed by atoms with E-state index in [4.69, 9.17) is 9.47 Å². The Balaban J connectivity index is 1.36. The first kappa shape index (κ1) is 18.4. The van der Waals surface area contributed by atoms with Crippen molar-refractivity contribution in [3.05, 3.63) is 42.5 Å². The second-order valence-electron chi connectivity index (χ2n) is 7.02. The third-order valence-electron chi connectivity index (χ3n) is 4.92. The van der Waals surface area contributed by atoms with Crippen LogP contribution in [0.5, 0.6) is 5.75 Å². The monoisotopic (exact) mass is 354 g/mol. The molecule has 1 saturated carbocycles. The van der Waals surface area contributed by atoms with Gasteiger partial charge in [0.1, 0.15) is 5.75 Å². The minimum absolute atomic E-state index is 0.214. The van der Waals surface area contributed by atoms with Gasteiger partial charge in [0.25, 0.3) is 0 Å². The predicted octanol–water partition coefficient (Wildman–Crippen LogP) is 5.04. The number of fused-ring (bicyclic) bond motifs is 1. The number of carbonyl (C=O) groups excluding carboxylic acids is 2. The molecular formula is C22H26O4. The van der Waals surface area contributed by atoms with E-state index in [0.717, 1.165) is 23.6 Å². The van der Waals surface area contributed by atoms with E-state index in [1.165, 1.54) is 19.3 Å². The summed E-state index contributed by atoms with van der Waals surface area (Å²) in [5, 5.41) is 2.14. The van der Waals surface area contributed by atoms with E-state index in [9.17, 15) is 9.59 Å². The topological polar surface area (TPSA) is 52.6 Å². The van der Waals surface area contributed by atoms with E-state index in [1.807, 2.05) is 36.4 Å². The van der Waals surface area contributed by atoms with Crippen LogP contribution >= 0.6 is 0 Å². The molecule has 1 fully saturated rings. The van der Waals surface area contributed by atoms with Crippen molar-refractivity contribution in [1.82, 2.24) is 0 Å². The Bertz CT molecular complexity index is 747. The number of hydrogen-bond acceptors (Lipinski definition) is 4. The molecule has 0 saturated heterocycles. The van der Waals surface area contributed by atoms with Gasteiger partial charge >= 0.3 is 11.9 Å². The van der Waals surface area contributed by atoms with Gasteiger partial charge in [0.05, 0.1) is 6.61 Å². The largest absolute Gasteiger partial charge is 0.465 e. The zero-order valence-corrected chi connectivity index (χ0v) is 15.1. The zero-order chi connectivity index (χ0) is 18.2. The van der Waals surface area contributed by atoms with Crippen molar-refractivity contribution < 1.29 is 19.1 Å². The second-order valence-corrected chi connectivity index (χ2v) is 7.02. The smallest absolute Gasteiger partial charge is 0.311 e. The average molecular weight is 354 g/mol. The summed E-state index contributed by atoms with van der Waals surface area (Å²) >= 11 is 0. The summed E-state index contributed by atoms with van der Waals surface area (Å²) in [6, 6.07) is 13.5. The van der Waals surface area contributed by atoms with Crippen LogP contribution < -0.4 is 4.74 Å². The number of rotatable bonds is 7. The minimum atomic E-state index is -0.319. The van der Waals surface area contributed by atoms with Gasteiger partial charge in [-0.15, -0.1) is 0 Å². The maximum Gasteiger partial charge on any atom is 0.311 e. The molecule has 0 bridgehead atoms. The Labute approximate surface area is 154 Å². The molecule has 0 unspecified atom stereocenters. The van der Waals surface area contributed by atoms with Crippen molar-refractivity contribution in [2.24, 2.45) is 5.92 Å². The summed E-state index contributed by atoms with van der Waals surface area (Å²) in [6.07, 6.45) is 7.02. The predicted molar refractivity (Wildman–Crippen MR) is 101 cm³/mol. The van der Waals surface area contributed by atoms with Gasteiger partial charge in [0.15, 0.2) is 0 Å². The number of ether oxygens (including phenoxy) is 2. The second kappa shape index (κ2) is 9.37. The first-order valence-electron chi connectivity index (χ1n) is 9.56. The van der Waals surface area contributed by atoms with Crippen molar-refractivity contribution in [1.29, 1.82) is 0 Å². The fraction of sp³-hybridized carbons (Fsp3) is 0.455. The molecule has 0 aromatic heterocycles. The Morgan fingerprint density at radius 1 is 0.885 bits per heavy atom. The van der Waals surface area contributed by atoms with Gasteiger partial charge in [-0.05, 0) is 48.1 Å². The first-order chi connectivity index (χ1) is 12.7. The molecule has 0 atom stereocenters. The lowest BCUT2D eigenvalue weighted by atomic mass is 9.90. The van der Waals surface area contributed by atoms with E-state index >= 15 is 0 Å². The average Bonchev–Trinajstić information content (AvgIpc) is 2.67. The first-order valence-corrected chi connectivity index (χ1v) is 9.56. The number of esters is 2. The van der Waals surface area contributed by atoms with Crippen LogP contribution in [-0.4, -0.2) is 18.5 Å². The normalized spacial score (nSPS) is 14.9. The van der Waals surface area contributed by atoms with Crippen LogP contribution in [0.15, 0.2) is 42.5 Å². The number of carbonyl (C=O) groups is 2. The highest BCUT2D eigenvalue weighted by atomic mass is 16.5. The minimum Gasteiger partial charge on any atom is -0.465 e. The SMILES string of the molecule is O=C(CCCC(=O)Oc1ccc2ccccc2c1)OCC1CCCCC1. The molecule has 0 spiro atoms. The molecular weight excluding hydrogens is 328 g/mol. The number of hydrogen-bond donors (Lipinski definition) is 0. The lowest BCUT2D eigenvalue weighted by Gasteiger charge is -2.20. The molecule has 1 aliphatic rings. The molecule has 0 radical (unpaired) electrons. The third-order valence-corrected chi connectivity index (χ3v) is 4.92. The van der Waals surface area contributed by atoms with Gasteiger partial charge in [-0.1, -0.05) is 49.6 Å². The van der Waals surface area contributed by atoms with Crippen molar-refractivity contribution in [3.63, 3.8) is 0 Å². The summed E-state index contributed by atoms with van der Waals surface area (Å²) in [5.41, 5.74) is 0. The lowest BCUT2D eigenvalue weighted by molar-refractivity contribution is -0.145. The highest BCUT2D eigenvalue weighted by molar-refractivity contribution is 5.84. The summed E-state index contributed by atoms with van der Waals surface area (Å²) in [5.74, 6) is 0.522. The van der Waals surface area contributed by atoms with Crippen LogP contribution in [0.25, 0.3) is 10.8 Å². The molecule has 4 nitrogen and oxygen atoms in total. The van der Waals surface area contributed by atoms with E-state index < -0.39 is 0 Å². The van der Waals surface area contributed by atoms with Gasteiger partial charge in [0.2, 0.25) is 0 Å². The molecule has 0 amide bonds. The zero-order valence-electron chi connectivity index (χ0n) is 15.1. The molecule has 138 valence electrons.